The number of benzene rings is 1. The molecule has 108 valence electrons. The number of halogens is 1. The Bertz CT molecular complexity index is 504. The van der Waals surface area contributed by atoms with Crippen LogP contribution in [-0.4, -0.2) is 18.0 Å². The average molecular weight is 275 g/mol. The minimum Gasteiger partial charge on any atom is -0.369 e. The molecule has 1 aromatic carbocycles. The SMILES string of the molecule is NC1=NCC2(CCCCCCC2)N1c1ccccc1F. The fourth-order valence-electron chi connectivity index (χ4n) is 3.57. The topological polar surface area (TPSA) is 41.6 Å². The monoisotopic (exact) mass is 275 g/mol. The Morgan fingerprint density at radius 1 is 1.05 bits per heavy atom. The highest BCUT2D eigenvalue weighted by atomic mass is 19.1. The number of para-hydroxylation sites is 1. The molecule has 0 unspecified atom stereocenters. The van der Waals surface area contributed by atoms with Gasteiger partial charge in [0.15, 0.2) is 5.96 Å². The number of rotatable bonds is 1. The molecule has 3 nitrogen and oxygen atoms in total. The number of hydrogen-bond acceptors (Lipinski definition) is 3. The van der Waals surface area contributed by atoms with Gasteiger partial charge in [-0.25, -0.2) is 4.39 Å². The molecule has 1 fully saturated rings. The molecule has 4 heteroatoms. The summed E-state index contributed by atoms with van der Waals surface area (Å²) in [6, 6.07) is 6.88. The Morgan fingerprint density at radius 3 is 2.40 bits per heavy atom. The first-order valence-corrected chi connectivity index (χ1v) is 7.58. The first-order chi connectivity index (χ1) is 9.73. The van der Waals surface area contributed by atoms with E-state index in [2.05, 4.69) is 4.99 Å². The molecule has 0 bridgehead atoms. The van der Waals surface area contributed by atoms with Gasteiger partial charge in [0, 0.05) is 0 Å². The molecular formula is C16H22FN3. The van der Waals surface area contributed by atoms with Gasteiger partial charge >= 0.3 is 0 Å². The van der Waals surface area contributed by atoms with E-state index in [0.717, 1.165) is 12.8 Å². The van der Waals surface area contributed by atoms with E-state index in [-0.39, 0.29) is 11.4 Å². The molecule has 1 aromatic rings. The van der Waals surface area contributed by atoms with Crippen LogP contribution in [0, 0.1) is 5.82 Å². The van der Waals surface area contributed by atoms with Gasteiger partial charge < -0.3 is 10.6 Å². The molecule has 1 aliphatic carbocycles. The summed E-state index contributed by atoms with van der Waals surface area (Å²) in [6.45, 7) is 0.702. The smallest absolute Gasteiger partial charge is 0.196 e. The third kappa shape index (κ3) is 2.28. The van der Waals surface area contributed by atoms with E-state index >= 15 is 0 Å². The van der Waals surface area contributed by atoms with Gasteiger partial charge in [0.25, 0.3) is 0 Å². The zero-order valence-corrected chi connectivity index (χ0v) is 11.8. The number of hydrogen-bond donors (Lipinski definition) is 1. The van der Waals surface area contributed by atoms with E-state index in [9.17, 15) is 4.39 Å². The molecule has 0 atom stereocenters. The zero-order valence-electron chi connectivity index (χ0n) is 11.8. The lowest BCUT2D eigenvalue weighted by atomic mass is 9.83. The van der Waals surface area contributed by atoms with Gasteiger partial charge in [-0.15, -0.1) is 0 Å². The van der Waals surface area contributed by atoms with E-state index < -0.39 is 0 Å². The van der Waals surface area contributed by atoms with Crippen LogP contribution in [0.4, 0.5) is 10.1 Å². The van der Waals surface area contributed by atoms with Crippen molar-refractivity contribution < 1.29 is 4.39 Å². The predicted octanol–water partition coefficient (Wildman–Crippen LogP) is 3.44. The summed E-state index contributed by atoms with van der Waals surface area (Å²) in [4.78, 5) is 6.40. The number of anilines is 1. The fraction of sp³-hybridized carbons (Fsp3) is 0.562. The van der Waals surface area contributed by atoms with Gasteiger partial charge in [-0.3, -0.25) is 4.99 Å². The fourth-order valence-corrected chi connectivity index (χ4v) is 3.57. The van der Waals surface area contributed by atoms with Gasteiger partial charge in [-0.2, -0.15) is 0 Å². The summed E-state index contributed by atoms with van der Waals surface area (Å²) >= 11 is 0. The molecule has 0 aromatic heterocycles. The second-order valence-corrected chi connectivity index (χ2v) is 5.95. The summed E-state index contributed by atoms with van der Waals surface area (Å²) < 4.78 is 14.2. The second kappa shape index (κ2) is 5.43. The lowest BCUT2D eigenvalue weighted by Crippen LogP contribution is -2.52. The van der Waals surface area contributed by atoms with Crippen LogP contribution in [0.3, 0.4) is 0 Å². The van der Waals surface area contributed by atoms with Gasteiger partial charge in [-0.1, -0.05) is 44.2 Å². The Balaban J connectivity index is 1.96. The molecular weight excluding hydrogens is 253 g/mol. The molecule has 3 rings (SSSR count). The van der Waals surface area contributed by atoms with Crippen LogP contribution >= 0.6 is 0 Å². The van der Waals surface area contributed by atoms with Gasteiger partial charge in [0.05, 0.1) is 17.8 Å². The zero-order chi connectivity index (χ0) is 14.0. The molecule has 0 saturated heterocycles. The summed E-state index contributed by atoms with van der Waals surface area (Å²) in [7, 11) is 0. The van der Waals surface area contributed by atoms with E-state index in [0.29, 0.717) is 18.2 Å². The minimum atomic E-state index is -0.214. The van der Waals surface area contributed by atoms with Crippen molar-refractivity contribution >= 4 is 11.6 Å². The molecule has 0 amide bonds. The van der Waals surface area contributed by atoms with E-state index in [4.69, 9.17) is 5.73 Å². The Labute approximate surface area is 119 Å². The van der Waals surface area contributed by atoms with Crippen molar-refractivity contribution in [3.63, 3.8) is 0 Å². The lowest BCUT2D eigenvalue weighted by molar-refractivity contribution is 0.336. The third-order valence-electron chi connectivity index (χ3n) is 4.62. The summed E-state index contributed by atoms with van der Waals surface area (Å²) in [5.41, 5.74) is 6.56. The van der Waals surface area contributed by atoms with E-state index in [1.54, 1.807) is 6.07 Å². The van der Waals surface area contributed by atoms with Gasteiger partial charge in [0.1, 0.15) is 5.82 Å². The van der Waals surface area contributed by atoms with Crippen LogP contribution in [0.15, 0.2) is 29.3 Å². The number of guanidine groups is 1. The van der Waals surface area contributed by atoms with Crippen molar-refractivity contribution in [3.05, 3.63) is 30.1 Å². The third-order valence-corrected chi connectivity index (χ3v) is 4.62. The predicted molar refractivity (Wildman–Crippen MR) is 80.4 cm³/mol. The van der Waals surface area contributed by atoms with Crippen molar-refractivity contribution in [2.45, 2.75) is 50.5 Å². The van der Waals surface area contributed by atoms with Crippen LogP contribution in [0.2, 0.25) is 0 Å². The highest BCUT2D eigenvalue weighted by Crippen LogP contribution is 2.39. The summed E-state index contributed by atoms with van der Waals surface area (Å²) in [6.07, 6.45) is 8.27. The largest absolute Gasteiger partial charge is 0.369 e. The summed E-state index contributed by atoms with van der Waals surface area (Å²) in [5.74, 6) is 0.254. The molecule has 20 heavy (non-hydrogen) atoms. The maximum Gasteiger partial charge on any atom is 0.196 e. The second-order valence-electron chi connectivity index (χ2n) is 5.95. The van der Waals surface area contributed by atoms with Gasteiger partial charge in [0.2, 0.25) is 0 Å². The Morgan fingerprint density at radius 2 is 1.70 bits per heavy atom. The molecule has 1 aliphatic heterocycles. The standard InChI is InChI=1S/C16H22FN3/c17-13-8-4-5-9-14(13)20-15(18)19-12-16(20)10-6-2-1-3-7-11-16/h4-5,8-9H,1-3,6-7,10-12H2,(H2,18,19). The molecule has 2 N–H and O–H groups in total. The quantitative estimate of drug-likeness (QED) is 0.853. The first-order valence-electron chi connectivity index (χ1n) is 7.58. The molecule has 2 aliphatic rings. The normalized spacial score (nSPS) is 22.4. The average Bonchev–Trinajstić information content (AvgIpc) is 2.73. The molecule has 1 heterocycles. The minimum absolute atomic E-state index is 0.104. The van der Waals surface area contributed by atoms with Crippen LogP contribution in [0.25, 0.3) is 0 Å². The highest BCUT2D eigenvalue weighted by Gasteiger charge is 2.43. The van der Waals surface area contributed by atoms with Crippen LogP contribution in [-0.2, 0) is 0 Å². The number of nitrogens with two attached hydrogens (primary N) is 1. The van der Waals surface area contributed by atoms with Crippen molar-refractivity contribution in [1.29, 1.82) is 0 Å². The summed E-state index contributed by atoms with van der Waals surface area (Å²) in [5, 5.41) is 0. The van der Waals surface area contributed by atoms with Gasteiger partial charge in [-0.05, 0) is 25.0 Å². The van der Waals surface area contributed by atoms with Crippen LogP contribution in [0.1, 0.15) is 44.9 Å². The first kappa shape index (κ1) is 13.4. The lowest BCUT2D eigenvalue weighted by Gasteiger charge is -2.40. The maximum absolute atomic E-state index is 14.2. The molecule has 1 saturated carbocycles. The van der Waals surface area contributed by atoms with E-state index in [1.165, 1.54) is 38.2 Å². The Hall–Kier alpha value is -1.58. The number of aliphatic imine (C=N–C) groups is 1. The highest BCUT2D eigenvalue weighted by molar-refractivity contribution is 5.98. The van der Waals surface area contributed by atoms with Crippen molar-refractivity contribution in [2.24, 2.45) is 10.7 Å². The van der Waals surface area contributed by atoms with Crippen LogP contribution < -0.4 is 10.6 Å². The number of nitrogens with zero attached hydrogens (tertiary/aromatic N) is 2. The molecule has 0 radical (unpaired) electrons. The Kier molecular flexibility index (Phi) is 3.64. The van der Waals surface area contributed by atoms with Crippen LogP contribution in [0.5, 0.6) is 0 Å². The molecule has 1 spiro atoms. The van der Waals surface area contributed by atoms with Crippen molar-refractivity contribution in [3.8, 4) is 0 Å². The van der Waals surface area contributed by atoms with E-state index in [1.807, 2.05) is 17.0 Å². The maximum atomic E-state index is 14.2. The van der Waals surface area contributed by atoms with Crippen molar-refractivity contribution in [2.75, 3.05) is 11.4 Å². The van der Waals surface area contributed by atoms with Crippen molar-refractivity contribution in [1.82, 2.24) is 0 Å².